The minimum absolute atomic E-state index is 0.378. The number of rotatable bonds is 2. The number of ether oxygens (including phenoxy) is 1. The number of nitrogens with zero attached hydrogens (tertiary/aromatic N) is 3. The first-order valence-electron chi connectivity index (χ1n) is 5.62. The highest BCUT2D eigenvalue weighted by atomic mass is 16.5. The van der Waals surface area contributed by atoms with E-state index < -0.39 is 0 Å². The van der Waals surface area contributed by atoms with E-state index in [0.717, 1.165) is 17.0 Å². The van der Waals surface area contributed by atoms with Crippen LogP contribution in [0.3, 0.4) is 0 Å². The molecule has 94 valence electrons. The Morgan fingerprint density at radius 1 is 1.33 bits per heavy atom. The molecule has 0 saturated heterocycles. The molecule has 2 aromatic rings. The van der Waals surface area contributed by atoms with Crippen LogP contribution in [-0.4, -0.2) is 27.8 Å². The highest BCUT2D eigenvalue weighted by Gasteiger charge is 2.12. The van der Waals surface area contributed by atoms with Gasteiger partial charge in [-0.05, 0) is 38.5 Å². The van der Waals surface area contributed by atoms with Gasteiger partial charge in [0.15, 0.2) is 5.82 Å². The molecular formula is C13H15N3O2. The van der Waals surface area contributed by atoms with Crippen LogP contribution in [0.15, 0.2) is 18.3 Å². The van der Waals surface area contributed by atoms with Crippen molar-refractivity contribution in [1.82, 2.24) is 14.8 Å². The van der Waals surface area contributed by atoms with E-state index in [-0.39, 0.29) is 5.97 Å². The molecule has 18 heavy (non-hydrogen) atoms. The zero-order valence-corrected chi connectivity index (χ0v) is 10.9. The van der Waals surface area contributed by atoms with Crippen LogP contribution in [-0.2, 0) is 4.74 Å². The summed E-state index contributed by atoms with van der Waals surface area (Å²) in [4.78, 5) is 15.7. The van der Waals surface area contributed by atoms with Gasteiger partial charge in [0.25, 0.3) is 0 Å². The molecule has 2 heterocycles. The highest BCUT2D eigenvalue weighted by Crippen LogP contribution is 2.16. The lowest BCUT2D eigenvalue weighted by Crippen LogP contribution is -2.06. The van der Waals surface area contributed by atoms with Crippen molar-refractivity contribution in [3.05, 3.63) is 40.8 Å². The van der Waals surface area contributed by atoms with Crippen LogP contribution < -0.4 is 0 Å². The maximum atomic E-state index is 11.5. The molecule has 5 heteroatoms. The summed E-state index contributed by atoms with van der Waals surface area (Å²) in [5.41, 5.74) is 3.56. The van der Waals surface area contributed by atoms with E-state index in [1.54, 1.807) is 23.0 Å². The third kappa shape index (κ3) is 1.99. The first-order valence-corrected chi connectivity index (χ1v) is 5.62. The number of aromatic nitrogens is 3. The van der Waals surface area contributed by atoms with Gasteiger partial charge < -0.3 is 4.74 Å². The third-order valence-electron chi connectivity index (χ3n) is 3.04. The van der Waals surface area contributed by atoms with Gasteiger partial charge in [0.05, 0.1) is 18.4 Å². The van der Waals surface area contributed by atoms with Crippen molar-refractivity contribution in [2.24, 2.45) is 0 Å². The molecule has 0 spiro atoms. The Morgan fingerprint density at radius 2 is 2.06 bits per heavy atom. The number of carbonyl (C=O) groups is 1. The molecule has 0 amide bonds. The SMILES string of the molecule is COC(=O)c1ccnc(-n2nc(C)c(C)c2C)c1. The van der Waals surface area contributed by atoms with Crippen molar-refractivity contribution in [3.8, 4) is 5.82 Å². The van der Waals surface area contributed by atoms with Gasteiger partial charge in [-0.25, -0.2) is 14.5 Å². The van der Waals surface area contributed by atoms with Crippen LogP contribution in [0.1, 0.15) is 27.3 Å². The van der Waals surface area contributed by atoms with Crippen LogP contribution in [0.5, 0.6) is 0 Å². The van der Waals surface area contributed by atoms with E-state index >= 15 is 0 Å². The summed E-state index contributed by atoms with van der Waals surface area (Å²) in [6.07, 6.45) is 1.58. The van der Waals surface area contributed by atoms with Crippen LogP contribution in [0.25, 0.3) is 5.82 Å². The lowest BCUT2D eigenvalue weighted by atomic mass is 10.2. The number of methoxy groups -OCH3 is 1. The second kappa shape index (κ2) is 4.60. The largest absolute Gasteiger partial charge is 0.465 e. The topological polar surface area (TPSA) is 57.0 Å². The molecule has 0 radical (unpaired) electrons. The smallest absolute Gasteiger partial charge is 0.338 e. The monoisotopic (exact) mass is 245 g/mol. The number of hydrogen-bond acceptors (Lipinski definition) is 4. The maximum Gasteiger partial charge on any atom is 0.338 e. The molecule has 0 aliphatic carbocycles. The average molecular weight is 245 g/mol. The predicted octanol–water partition coefficient (Wildman–Crippen LogP) is 1.98. The van der Waals surface area contributed by atoms with Gasteiger partial charge in [0.2, 0.25) is 0 Å². The van der Waals surface area contributed by atoms with Gasteiger partial charge >= 0.3 is 5.97 Å². The van der Waals surface area contributed by atoms with Crippen molar-refractivity contribution < 1.29 is 9.53 Å². The molecule has 5 nitrogen and oxygen atoms in total. The molecule has 0 N–H and O–H groups in total. The van der Waals surface area contributed by atoms with Crippen molar-refractivity contribution in [2.75, 3.05) is 7.11 Å². The molecule has 0 aromatic carbocycles. The molecule has 0 unspecified atom stereocenters. The van der Waals surface area contributed by atoms with Crippen LogP contribution in [0.2, 0.25) is 0 Å². The Bertz CT molecular complexity index is 602. The zero-order chi connectivity index (χ0) is 13.3. The Kier molecular flexibility index (Phi) is 3.14. The van der Waals surface area contributed by atoms with Crippen molar-refractivity contribution in [3.63, 3.8) is 0 Å². The molecular weight excluding hydrogens is 230 g/mol. The number of hydrogen-bond donors (Lipinski definition) is 0. The number of pyridine rings is 1. The van der Waals surface area contributed by atoms with Gasteiger partial charge in [-0.2, -0.15) is 5.10 Å². The Balaban J connectivity index is 2.51. The van der Waals surface area contributed by atoms with E-state index in [2.05, 4.69) is 14.8 Å². The van der Waals surface area contributed by atoms with E-state index in [4.69, 9.17) is 0 Å². The fourth-order valence-electron chi connectivity index (χ4n) is 1.72. The van der Waals surface area contributed by atoms with E-state index in [1.165, 1.54) is 7.11 Å². The van der Waals surface area contributed by atoms with E-state index in [9.17, 15) is 4.79 Å². The molecule has 0 bridgehead atoms. The fraction of sp³-hybridized carbons (Fsp3) is 0.308. The number of carbonyl (C=O) groups excluding carboxylic acids is 1. The van der Waals surface area contributed by atoms with Crippen LogP contribution in [0.4, 0.5) is 0 Å². The zero-order valence-electron chi connectivity index (χ0n) is 10.9. The van der Waals surface area contributed by atoms with Crippen LogP contribution in [0, 0.1) is 20.8 Å². The van der Waals surface area contributed by atoms with Gasteiger partial charge in [0, 0.05) is 11.9 Å². The van der Waals surface area contributed by atoms with E-state index in [1.807, 2.05) is 20.8 Å². The Morgan fingerprint density at radius 3 is 2.61 bits per heavy atom. The molecule has 2 aromatic heterocycles. The van der Waals surface area contributed by atoms with E-state index in [0.29, 0.717) is 11.4 Å². The standard InChI is InChI=1S/C13H15N3O2/c1-8-9(2)15-16(10(8)3)12-7-11(5-6-14-12)13(17)18-4/h5-7H,1-4H3. The summed E-state index contributed by atoms with van der Waals surface area (Å²) in [6, 6.07) is 3.29. The third-order valence-corrected chi connectivity index (χ3v) is 3.04. The summed E-state index contributed by atoms with van der Waals surface area (Å²) in [5, 5.41) is 4.41. The Labute approximate surface area is 105 Å². The summed E-state index contributed by atoms with van der Waals surface area (Å²) < 4.78 is 6.42. The lowest BCUT2D eigenvalue weighted by molar-refractivity contribution is 0.0600. The first kappa shape index (κ1) is 12.3. The second-order valence-electron chi connectivity index (χ2n) is 4.10. The second-order valence-corrected chi connectivity index (χ2v) is 4.10. The first-order chi connectivity index (χ1) is 8.54. The normalized spacial score (nSPS) is 10.4. The summed E-state index contributed by atoms with van der Waals surface area (Å²) in [6.45, 7) is 5.93. The average Bonchev–Trinajstić information content (AvgIpc) is 2.66. The summed E-state index contributed by atoms with van der Waals surface area (Å²) in [5.74, 6) is 0.239. The van der Waals surface area contributed by atoms with Gasteiger partial charge in [0.1, 0.15) is 0 Å². The molecule has 0 aliphatic rings. The lowest BCUT2D eigenvalue weighted by Gasteiger charge is -2.05. The maximum absolute atomic E-state index is 11.5. The predicted molar refractivity (Wildman–Crippen MR) is 66.9 cm³/mol. The van der Waals surface area contributed by atoms with Crippen molar-refractivity contribution in [2.45, 2.75) is 20.8 Å². The molecule has 0 fully saturated rings. The quantitative estimate of drug-likeness (QED) is 0.759. The number of aryl methyl sites for hydroxylation is 1. The van der Waals surface area contributed by atoms with Gasteiger partial charge in [-0.3, -0.25) is 0 Å². The summed E-state index contributed by atoms with van der Waals surface area (Å²) >= 11 is 0. The molecule has 0 saturated carbocycles. The van der Waals surface area contributed by atoms with Gasteiger partial charge in [-0.1, -0.05) is 0 Å². The van der Waals surface area contributed by atoms with Crippen molar-refractivity contribution >= 4 is 5.97 Å². The van der Waals surface area contributed by atoms with Crippen LogP contribution >= 0.6 is 0 Å². The summed E-state index contributed by atoms with van der Waals surface area (Å²) in [7, 11) is 1.36. The highest BCUT2D eigenvalue weighted by molar-refractivity contribution is 5.89. The van der Waals surface area contributed by atoms with Gasteiger partial charge in [-0.15, -0.1) is 0 Å². The fourth-order valence-corrected chi connectivity index (χ4v) is 1.72. The van der Waals surface area contributed by atoms with Crippen molar-refractivity contribution in [1.29, 1.82) is 0 Å². The minimum atomic E-state index is -0.378. The number of esters is 1. The molecule has 0 aliphatic heterocycles. The minimum Gasteiger partial charge on any atom is -0.465 e. The molecule has 0 atom stereocenters. The molecule has 2 rings (SSSR count). The Hall–Kier alpha value is -2.17.